The number of pyridine rings is 1. The Kier molecular flexibility index (Phi) is 14.6. The number of halogens is 2. The van der Waals surface area contributed by atoms with Gasteiger partial charge in [-0.2, -0.15) is 9.97 Å². The van der Waals surface area contributed by atoms with E-state index in [0.29, 0.717) is 83.5 Å². The summed E-state index contributed by atoms with van der Waals surface area (Å²) in [6.07, 6.45) is 7.93. The van der Waals surface area contributed by atoms with E-state index in [0.717, 1.165) is 102 Å². The van der Waals surface area contributed by atoms with Crippen LogP contribution in [0.15, 0.2) is 48.7 Å². The molecule has 20 heteroatoms. The molecule has 7 aliphatic rings. The molecule has 5 saturated heterocycles. The molecule has 1 N–H and O–H groups in total. The highest BCUT2D eigenvalue weighted by atomic mass is 19.1. The Morgan fingerprint density at radius 1 is 0.840 bits per heavy atom. The van der Waals surface area contributed by atoms with Gasteiger partial charge < -0.3 is 38.5 Å². The Morgan fingerprint density at radius 3 is 2.27 bits per heavy atom. The largest absolute Gasteiger partial charge is 0.468 e. The van der Waals surface area contributed by atoms with Crippen LogP contribution in [0.1, 0.15) is 107 Å². The Balaban J connectivity index is 0.725. The average molecular weight is 1110 g/mol. The molecule has 0 spiro atoms. The van der Waals surface area contributed by atoms with Crippen molar-refractivity contribution in [1.29, 1.82) is 0 Å². The Labute approximate surface area is 471 Å². The van der Waals surface area contributed by atoms with Crippen molar-refractivity contribution in [2.75, 3.05) is 95.8 Å². The van der Waals surface area contributed by atoms with Crippen LogP contribution >= 0.6 is 0 Å². The van der Waals surface area contributed by atoms with Crippen LogP contribution in [0.4, 0.5) is 25.1 Å². The van der Waals surface area contributed by atoms with Crippen molar-refractivity contribution >= 4 is 57.0 Å². The average Bonchev–Trinajstić information content (AvgIpc) is 4.18. The van der Waals surface area contributed by atoms with Gasteiger partial charge in [-0.25, -0.2) is 13.6 Å². The summed E-state index contributed by atoms with van der Waals surface area (Å²) in [5, 5.41) is 4.01. The fourth-order valence-electron chi connectivity index (χ4n) is 13.5. The van der Waals surface area contributed by atoms with Gasteiger partial charge in [0.2, 0.25) is 11.8 Å². The number of imide groups is 1. The summed E-state index contributed by atoms with van der Waals surface area (Å²) in [5.41, 5.74) is 2.90. The fraction of sp³-hybridized carbons (Fsp3) is 0.557. The van der Waals surface area contributed by atoms with Crippen LogP contribution < -0.4 is 24.6 Å². The van der Waals surface area contributed by atoms with E-state index < -0.39 is 29.2 Å². The quantitative estimate of drug-likeness (QED) is 0.0786. The lowest BCUT2D eigenvalue weighted by molar-refractivity contribution is -0.136. The summed E-state index contributed by atoms with van der Waals surface area (Å²) < 4.78 is 56.9. The summed E-state index contributed by atoms with van der Waals surface area (Å²) in [6.45, 7) is 19.0. The second-order valence-electron chi connectivity index (χ2n) is 25.1. The van der Waals surface area contributed by atoms with Crippen LogP contribution in [-0.4, -0.2) is 168 Å². The molecule has 1 aliphatic carbocycles. The standard InChI is InChI=1S/C61H74F2N10O8/c1-7-43-47(62)13-8-37-27-42(80-36-78-6)28-45(50(37)43)52-51(63)53-46(29-64-52)54(71-31-40-9-10-41(32-71)73(40)58(77)81-59(2,3)4)67-57(66-53)79-35-61(16-17-61)34-68-20-18-60(5,19-21-68)33-69-22-24-70(25-23-69)39-11-12-44-38(26-39)30-72(56(44)76)48-14-15-49(74)65-55(48)75/h8,11-13,26-29,40-41,48H,7,9-10,14-25,30-36H2,1-6H3,(H,65,74,75)/t40?,41?,48-/m1/s1. The van der Waals surface area contributed by atoms with Crippen molar-refractivity contribution in [3.05, 3.63) is 77.0 Å². The Hall–Kier alpha value is -6.77. The van der Waals surface area contributed by atoms with Crippen LogP contribution in [-0.2, 0) is 32.0 Å². The number of carbonyl (C=O) groups is 4. The molecule has 4 amide bonds. The number of amides is 4. The van der Waals surface area contributed by atoms with Crippen molar-refractivity contribution in [2.24, 2.45) is 10.8 Å². The molecule has 8 heterocycles. The van der Waals surface area contributed by atoms with Crippen molar-refractivity contribution in [1.82, 2.24) is 39.9 Å². The van der Waals surface area contributed by atoms with Crippen molar-refractivity contribution in [3.8, 4) is 23.0 Å². The van der Waals surface area contributed by atoms with Crippen molar-refractivity contribution < 1.29 is 46.9 Å². The predicted octanol–water partition coefficient (Wildman–Crippen LogP) is 8.10. The second-order valence-corrected chi connectivity index (χ2v) is 25.1. The number of nitrogens with zero attached hydrogens (tertiary/aromatic N) is 9. The van der Waals surface area contributed by atoms with Crippen LogP contribution in [0, 0.1) is 22.5 Å². The first-order chi connectivity index (χ1) is 38.9. The lowest BCUT2D eigenvalue weighted by atomic mass is 9.79. The number of benzene rings is 3. The smallest absolute Gasteiger partial charge is 0.410 e. The predicted molar refractivity (Wildman–Crippen MR) is 301 cm³/mol. The molecule has 2 aromatic heterocycles. The zero-order valence-electron chi connectivity index (χ0n) is 47.5. The molecule has 18 nitrogen and oxygen atoms in total. The number of anilines is 2. The van der Waals surface area contributed by atoms with E-state index in [2.05, 4.69) is 37.9 Å². The maximum absolute atomic E-state index is 17.7. The normalized spacial score (nSPS) is 22.9. The maximum atomic E-state index is 17.7. The van der Waals surface area contributed by atoms with E-state index in [9.17, 15) is 19.2 Å². The lowest BCUT2D eigenvalue weighted by Gasteiger charge is -2.45. The molecule has 0 radical (unpaired) electrons. The molecular formula is C61H74F2N10O8. The summed E-state index contributed by atoms with van der Waals surface area (Å²) in [5.74, 6) is -1.02. The summed E-state index contributed by atoms with van der Waals surface area (Å²) in [6, 6.07) is 11.7. The number of rotatable bonds is 15. The molecule has 6 aliphatic heterocycles. The number of carbonyl (C=O) groups excluding carboxylic acids is 4. The lowest BCUT2D eigenvalue weighted by Crippen LogP contribution is -2.57. The first-order valence-electron chi connectivity index (χ1n) is 29.0. The van der Waals surface area contributed by atoms with E-state index in [1.54, 1.807) is 29.3 Å². The molecule has 81 heavy (non-hydrogen) atoms. The number of nitrogens with one attached hydrogen (secondary N) is 1. The third kappa shape index (κ3) is 10.9. The molecule has 2 unspecified atom stereocenters. The fourth-order valence-corrected chi connectivity index (χ4v) is 13.5. The number of piperidine rings is 2. The topological polar surface area (TPSA) is 175 Å². The van der Waals surface area contributed by atoms with Gasteiger partial charge in [-0.1, -0.05) is 19.9 Å². The minimum atomic E-state index is -0.688. The molecule has 5 aromatic rings. The number of aromatic nitrogens is 3. The molecule has 2 bridgehead atoms. The zero-order valence-corrected chi connectivity index (χ0v) is 47.5. The van der Waals surface area contributed by atoms with Gasteiger partial charge in [0.25, 0.3) is 5.91 Å². The highest BCUT2D eigenvalue weighted by Crippen LogP contribution is 2.48. The first kappa shape index (κ1) is 54.8. The van der Waals surface area contributed by atoms with E-state index in [1.807, 2.05) is 44.7 Å². The summed E-state index contributed by atoms with van der Waals surface area (Å²) in [4.78, 5) is 79.0. The molecular weight excluding hydrogens is 1040 g/mol. The van der Waals surface area contributed by atoms with Gasteiger partial charge in [-0.15, -0.1) is 0 Å². The second kappa shape index (κ2) is 21.5. The van der Waals surface area contributed by atoms with Gasteiger partial charge in [-0.05, 0) is 149 Å². The molecule has 3 aromatic carbocycles. The van der Waals surface area contributed by atoms with Crippen molar-refractivity contribution in [3.63, 3.8) is 0 Å². The number of hydrogen-bond acceptors (Lipinski definition) is 15. The number of hydrogen-bond donors (Lipinski definition) is 1. The first-order valence-corrected chi connectivity index (χ1v) is 29.0. The molecule has 12 rings (SSSR count). The molecule has 3 atom stereocenters. The number of ether oxygens (including phenoxy) is 4. The van der Waals surface area contributed by atoms with Gasteiger partial charge in [0.1, 0.15) is 40.2 Å². The third-order valence-electron chi connectivity index (χ3n) is 18.1. The number of piperazine rings is 2. The van der Waals surface area contributed by atoms with Crippen LogP contribution in [0.25, 0.3) is 32.9 Å². The molecule has 1 saturated carbocycles. The Bertz CT molecular complexity index is 3290. The number of aryl methyl sites for hydroxylation is 1. The monoisotopic (exact) mass is 1110 g/mol. The minimum Gasteiger partial charge on any atom is -0.468 e. The van der Waals surface area contributed by atoms with Crippen molar-refractivity contribution in [2.45, 2.75) is 123 Å². The van der Waals surface area contributed by atoms with Gasteiger partial charge in [0.15, 0.2) is 12.6 Å². The summed E-state index contributed by atoms with van der Waals surface area (Å²) in [7, 11) is 1.52. The number of methoxy groups -OCH3 is 1. The molecule has 6 fully saturated rings. The van der Waals surface area contributed by atoms with E-state index in [4.69, 9.17) is 33.9 Å². The van der Waals surface area contributed by atoms with Crippen LogP contribution in [0.3, 0.4) is 0 Å². The highest BCUT2D eigenvalue weighted by Gasteiger charge is 2.48. The highest BCUT2D eigenvalue weighted by molar-refractivity contribution is 6.06. The van der Waals surface area contributed by atoms with Crippen LogP contribution in [0.5, 0.6) is 11.8 Å². The third-order valence-corrected chi connectivity index (χ3v) is 18.1. The van der Waals surface area contributed by atoms with E-state index >= 15 is 8.78 Å². The van der Waals surface area contributed by atoms with E-state index in [1.165, 1.54) is 13.2 Å². The number of fused-ring (bicyclic) bond motifs is 5. The van der Waals surface area contributed by atoms with E-state index in [-0.39, 0.29) is 71.3 Å². The van der Waals surface area contributed by atoms with Gasteiger partial charge in [-0.3, -0.25) is 34.5 Å². The number of likely N-dealkylation sites (tertiary alicyclic amines) is 1. The SMILES string of the molecule is CCc1c(F)ccc2cc(OCOC)cc(-c3ncc4c(N5CC6CCC(C5)N6C(=O)OC(C)(C)C)nc(OCC5(CN6CCC(C)(CN7CCN(c8ccc9c(c8)CN([C@@H]8CCC(=O)NC8=O)C9=O)CC7)CC6)CC5)nc4c3F)c12. The van der Waals surface area contributed by atoms with Crippen LogP contribution in [0.2, 0.25) is 0 Å². The molecule has 430 valence electrons. The zero-order chi connectivity index (χ0) is 56.5. The Morgan fingerprint density at radius 2 is 1.58 bits per heavy atom. The van der Waals surface area contributed by atoms with Gasteiger partial charge in [0, 0.05) is 101 Å². The maximum Gasteiger partial charge on any atom is 0.410 e. The van der Waals surface area contributed by atoms with Gasteiger partial charge in [0.05, 0.1) is 24.1 Å². The summed E-state index contributed by atoms with van der Waals surface area (Å²) >= 11 is 0. The van der Waals surface area contributed by atoms with Gasteiger partial charge >= 0.3 is 12.1 Å². The minimum absolute atomic E-state index is 0.00322.